The van der Waals surface area contributed by atoms with Crippen molar-refractivity contribution in [2.24, 2.45) is 0 Å². The largest absolute Gasteiger partial charge is 0.350 e. The van der Waals surface area contributed by atoms with E-state index >= 15 is 0 Å². The Kier molecular flexibility index (Phi) is 4.79. The van der Waals surface area contributed by atoms with Crippen molar-refractivity contribution >= 4 is 16.8 Å². The van der Waals surface area contributed by atoms with Crippen LogP contribution in [-0.4, -0.2) is 15.5 Å². The maximum absolute atomic E-state index is 12.2. The zero-order valence-electron chi connectivity index (χ0n) is 13.9. The van der Waals surface area contributed by atoms with Gasteiger partial charge >= 0.3 is 5.69 Å². The number of aromatic amines is 1. The molecule has 1 aromatic heterocycles. The van der Waals surface area contributed by atoms with E-state index in [9.17, 15) is 14.4 Å². The molecule has 128 valence electrons. The fourth-order valence-corrected chi connectivity index (χ4v) is 2.82. The van der Waals surface area contributed by atoms with Crippen molar-refractivity contribution in [3.05, 3.63) is 81.0 Å². The van der Waals surface area contributed by atoms with Crippen LogP contribution in [0, 0.1) is 0 Å². The van der Waals surface area contributed by atoms with Gasteiger partial charge in [0.2, 0.25) is 5.91 Å². The van der Waals surface area contributed by atoms with E-state index in [0.717, 1.165) is 5.56 Å². The first-order valence-corrected chi connectivity index (χ1v) is 8.12. The Morgan fingerprint density at radius 2 is 1.76 bits per heavy atom. The average molecular weight is 337 g/mol. The van der Waals surface area contributed by atoms with Gasteiger partial charge in [0.1, 0.15) is 0 Å². The fraction of sp³-hybridized carbons (Fsp3) is 0.211. The van der Waals surface area contributed by atoms with Gasteiger partial charge in [-0.05, 0) is 24.6 Å². The van der Waals surface area contributed by atoms with Gasteiger partial charge in [-0.3, -0.25) is 19.1 Å². The molecule has 0 aliphatic rings. The summed E-state index contributed by atoms with van der Waals surface area (Å²) in [5.41, 5.74) is 0.620. The zero-order chi connectivity index (χ0) is 17.8. The summed E-state index contributed by atoms with van der Waals surface area (Å²) in [6.45, 7) is 2.11. The first-order valence-electron chi connectivity index (χ1n) is 8.12. The van der Waals surface area contributed by atoms with Gasteiger partial charge in [-0.2, -0.15) is 0 Å². The zero-order valence-corrected chi connectivity index (χ0v) is 13.9. The van der Waals surface area contributed by atoms with E-state index in [1.54, 1.807) is 24.3 Å². The molecule has 0 saturated carbocycles. The Bertz CT molecular complexity index is 1010. The first-order chi connectivity index (χ1) is 12.1. The van der Waals surface area contributed by atoms with Crippen molar-refractivity contribution in [1.29, 1.82) is 0 Å². The van der Waals surface area contributed by atoms with Gasteiger partial charge in [0, 0.05) is 13.0 Å². The van der Waals surface area contributed by atoms with E-state index < -0.39 is 11.2 Å². The van der Waals surface area contributed by atoms with Gasteiger partial charge < -0.3 is 5.32 Å². The quantitative estimate of drug-likeness (QED) is 0.746. The Morgan fingerprint density at radius 1 is 1.08 bits per heavy atom. The van der Waals surface area contributed by atoms with Gasteiger partial charge in [-0.25, -0.2) is 4.79 Å². The van der Waals surface area contributed by atoms with E-state index in [1.807, 2.05) is 37.3 Å². The molecular weight excluding hydrogens is 318 g/mol. The number of nitrogens with one attached hydrogen (secondary N) is 2. The maximum atomic E-state index is 12.2. The highest BCUT2D eigenvalue weighted by Crippen LogP contribution is 2.11. The van der Waals surface area contributed by atoms with Gasteiger partial charge in [0.25, 0.3) is 5.56 Å². The summed E-state index contributed by atoms with van der Waals surface area (Å²) in [5, 5.41) is 3.35. The number of H-pyrrole nitrogens is 1. The minimum absolute atomic E-state index is 0.113. The first kappa shape index (κ1) is 16.7. The van der Waals surface area contributed by atoms with Crippen LogP contribution in [0.3, 0.4) is 0 Å². The smallest absolute Gasteiger partial charge is 0.328 e. The van der Waals surface area contributed by atoms with Crippen LogP contribution in [0.5, 0.6) is 0 Å². The topological polar surface area (TPSA) is 84.0 Å². The number of fused-ring (bicyclic) bond motifs is 1. The lowest BCUT2D eigenvalue weighted by Crippen LogP contribution is -2.33. The van der Waals surface area contributed by atoms with Crippen LogP contribution in [0.25, 0.3) is 10.9 Å². The van der Waals surface area contributed by atoms with Crippen LogP contribution in [0.2, 0.25) is 0 Å². The van der Waals surface area contributed by atoms with Crippen molar-refractivity contribution in [2.45, 2.75) is 25.9 Å². The van der Waals surface area contributed by atoms with E-state index in [1.165, 1.54) is 4.57 Å². The van der Waals surface area contributed by atoms with Gasteiger partial charge in [-0.1, -0.05) is 42.5 Å². The summed E-state index contributed by atoms with van der Waals surface area (Å²) in [4.78, 5) is 38.4. The summed E-state index contributed by atoms with van der Waals surface area (Å²) < 4.78 is 1.42. The van der Waals surface area contributed by atoms with E-state index in [2.05, 4.69) is 10.3 Å². The Labute approximate surface area is 144 Å². The number of hydrogen-bond donors (Lipinski definition) is 2. The molecule has 0 unspecified atom stereocenters. The van der Waals surface area contributed by atoms with Gasteiger partial charge in [0.15, 0.2) is 0 Å². The third-order valence-electron chi connectivity index (χ3n) is 4.14. The molecule has 0 fully saturated rings. The number of rotatable bonds is 5. The molecule has 2 N–H and O–H groups in total. The molecular formula is C19H19N3O3. The highest BCUT2D eigenvalue weighted by atomic mass is 16.2. The second kappa shape index (κ2) is 7.17. The molecule has 0 aliphatic heterocycles. The minimum Gasteiger partial charge on any atom is -0.350 e. The number of para-hydroxylation sites is 1. The van der Waals surface area contributed by atoms with Crippen molar-refractivity contribution in [2.75, 3.05) is 0 Å². The number of nitrogens with zero attached hydrogens (tertiary/aromatic N) is 1. The number of amides is 1. The summed E-state index contributed by atoms with van der Waals surface area (Å²) in [6, 6.07) is 16.4. The molecule has 3 aromatic rings. The fourth-order valence-electron chi connectivity index (χ4n) is 2.82. The minimum atomic E-state index is -0.507. The Hall–Kier alpha value is -3.15. The summed E-state index contributed by atoms with van der Waals surface area (Å²) in [7, 11) is 0. The predicted molar refractivity (Wildman–Crippen MR) is 96.4 cm³/mol. The van der Waals surface area contributed by atoms with Crippen molar-refractivity contribution < 1.29 is 4.79 Å². The third kappa shape index (κ3) is 3.68. The molecule has 0 aliphatic carbocycles. The number of carbonyl (C=O) groups is 1. The molecule has 0 saturated heterocycles. The summed E-state index contributed by atoms with van der Waals surface area (Å²) >= 11 is 0. The highest BCUT2D eigenvalue weighted by Gasteiger charge is 2.11. The molecule has 25 heavy (non-hydrogen) atoms. The molecule has 0 spiro atoms. The standard InChI is InChI=1S/C19H19N3O3/c1-13(14-7-3-2-4-8-14)20-17(23)11-12-22-16-10-6-5-9-15(16)18(24)21-19(22)25/h2-10,13H,11-12H2,1H3,(H,20,23)(H,21,24,25)/t13-/m0/s1. The van der Waals surface area contributed by atoms with Crippen LogP contribution in [0.1, 0.15) is 24.9 Å². The summed E-state index contributed by atoms with van der Waals surface area (Å²) in [6.07, 6.45) is 0.146. The highest BCUT2D eigenvalue weighted by molar-refractivity contribution is 5.79. The molecule has 1 atom stereocenters. The number of aromatic nitrogens is 2. The third-order valence-corrected chi connectivity index (χ3v) is 4.14. The maximum Gasteiger partial charge on any atom is 0.328 e. The number of benzene rings is 2. The molecule has 1 heterocycles. The van der Waals surface area contributed by atoms with Crippen molar-refractivity contribution in [3.63, 3.8) is 0 Å². The average Bonchev–Trinajstić information content (AvgIpc) is 2.62. The molecule has 6 heteroatoms. The lowest BCUT2D eigenvalue weighted by atomic mass is 10.1. The molecule has 0 bridgehead atoms. The van der Waals surface area contributed by atoms with Crippen LogP contribution >= 0.6 is 0 Å². The monoisotopic (exact) mass is 337 g/mol. The van der Waals surface area contributed by atoms with Crippen LogP contribution in [-0.2, 0) is 11.3 Å². The second-order valence-corrected chi connectivity index (χ2v) is 5.88. The van der Waals surface area contributed by atoms with Crippen molar-refractivity contribution in [3.8, 4) is 0 Å². The van der Waals surface area contributed by atoms with Crippen LogP contribution in [0.15, 0.2) is 64.2 Å². The predicted octanol–water partition coefficient (Wildman–Crippen LogP) is 1.96. The van der Waals surface area contributed by atoms with E-state index in [0.29, 0.717) is 10.9 Å². The lowest BCUT2D eigenvalue weighted by molar-refractivity contribution is -0.121. The SMILES string of the molecule is C[C@H](NC(=O)CCn1c(=O)[nH]c(=O)c2ccccc21)c1ccccc1. The molecule has 1 amide bonds. The van der Waals surface area contributed by atoms with E-state index in [4.69, 9.17) is 0 Å². The van der Waals surface area contributed by atoms with Gasteiger partial charge in [0.05, 0.1) is 16.9 Å². The van der Waals surface area contributed by atoms with Crippen LogP contribution < -0.4 is 16.6 Å². The number of hydrogen-bond acceptors (Lipinski definition) is 3. The number of aryl methyl sites for hydroxylation is 1. The van der Waals surface area contributed by atoms with Gasteiger partial charge in [-0.15, -0.1) is 0 Å². The van der Waals surface area contributed by atoms with E-state index in [-0.39, 0.29) is 24.9 Å². The normalized spacial score (nSPS) is 12.0. The van der Waals surface area contributed by atoms with Crippen LogP contribution in [0.4, 0.5) is 0 Å². The Balaban J connectivity index is 1.74. The molecule has 3 rings (SSSR count). The second-order valence-electron chi connectivity index (χ2n) is 5.88. The lowest BCUT2D eigenvalue weighted by Gasteiger charge is -2.15. The Morgan fingerprint density at radius 3 is 2.52 bits per heavy atom. The number of carbonyl (C=O) groups excluding carboxylic acids is 1. The molecule has 0 radical (unpaired) electrons. The van der Waals surface area contributed by atoms with Crippen molar-refractivity contribution in [1.82, 2.24) is 14.9 Å². The molecule has 6 nitrogen and oxygen atoms in total. The summed E-state index contributed by atoms with van der Waals surface area (Å²) in [5.74, 6) is -0.154. The molecule has 2 aromatic carbocycles.